The predicted octanol–water partition coefficient (Wildman–Crippen LogP) is 3.96. The fourth-order valence-corrected chi connectivity index (χ4v) is 6.63. The molecular formula is C28H35N6O4P. The Morgan fingerprint density at radius 2 is 1.97 bits per heavy atom. The van der Waals surface area contributed by atoms with Gasteiger partial charge in [0.05, 0.1) is 30.9 Å². The van der Waals surface area contributed by atoms with Crippen LogP contribution in [-0.4, -0.2) is 64.3 Å². The van der Waals surface area contributed by atoms with Crippen LogP contribution in [0.25, 0.3) is 0 Å². The summed E-state index contributed by atoms with van der Waals surface area (Å²) in [5.41, 5.74) is 1.41. The molecule has 3 aliphatic rings. The molecular weight excluding hydrogens is 515 g/mol. The molecule has 0 amide bonds. The largest absolute Gasteiger partial charge is 0.379 e. The Balaban J connectivity index is 1.39. The maximum Gasteiger partial charge on any atom is 0.252 e. The summed E-state index contributed by atoms with van der Waals surface area (Å²) >= 11 is 0. The Morgan fingerprint density at radius 1 is 1.15 bits per heavy atom. The lowest BCUT2D eigenvalue weighted by atomic mass is 9.73. The second kappa shape index (κ2) is 9.25. The van der Waals surface area contributed by atoms with Crippen LogP contribution < -0.4 is 21.2 Å². The molecule has 10 nitrogen and oxygen atoms in total. The number of rotatable bonds is 5. The van der Waals surface area contributed by atoms with E-state index in [2.05, 4.69) is 36.0 Å². The molecule has 0 bridgehead atoms. The van der Waals surface area contributed by atoms with Gasteiger partial charge in [0.25, 0.3) is 5.56 Å². The Bertz CT molecular complexity index is 1530. The summed E-state index contributed by atoms with van der Waals surface area (Å²) in [4.78, 5) is 29.4. The molecule has 2 saturated heterocycles. The van der Waals surface area contributed by atoms with Gasteiger partial charge in [-0.25, -0.2) is 9.97 Å². The number of fused-ring (bicyclic) bond motifs is 3. The average molecular weight is 551 g/mol. The topological polar surface area (TPSA) is 111 Å². The van der Waals surface area contributed by atoms with Crippen molar-refractivity contribution in [3.63, 3.8) is 0 Å². The molecule has 0 aliphatic carbocycles. The van der Waals surface area contributed by atoms with Gasteiger partial charge in [0.1, 0.15) is 24.2 Å². The van der Waals surface area contributed by atoms with E-state index in [0.29, 0.717) is 42.7 Å². The molecule has 0 radical (unpaired) electrons. The molecule has 11 heteroatoms. The summed E-state index contributed by atoms with van der Waals surface area (Å²) in [5.74, 6) is 1.83. The van der Waals surface area contributed by atoms with Crippen molar-refractivity contribution in [2.24, 2.45) is 0 Å². The number of nitrogens with zero attached hydrogens (tertiary/aromatic N) is 5. The van der Waals surface area contributed by atoms with Gasteiger partial charge in [-0.15, -0.1) is 0 Å². The zero-order valence-corrected chi connectivity index (χ0v) is 23.9. The highest BCUT2D eigenvalue weighted by atomic mass is 31.2. The number of hydrogen-bond acceptors (Lipinski definition) is 9. The maximum absolute atomic E-state index is 12.9. The van der Waals surface area contributed by atoms with Gasteiger partial charge in [0.2, 0.25) is 5.95 Å². The molecule has 3 aromatic rings. The summed E-state index contributed by atoms with van der Waals surface area (Å²) in [6.07, 6.45) is 5.23. The number of nitrogens with one attached hydrogen (secondary N) is 1. The Morgan fingerprint density at radius 3 is 2.69 bits per heavy atom. The van der Waals surface area contributed by atoms with E-state index in [4.69, 9.17) is 19.4 Å². The van der Waals surface area contributed by atoms with E-state index < -0.39 is 7.14 Å². The summed E-state index contributed by atoms with van der Waals surface area (Å²) in [7, 11) is -2.57. The van der Waals surface area contributed by atoms with Crippen molar-refractivity contribution in [1.29, 1.82) is 0 Å². The van der Waals surface area contributed by atoms with Gasteiger partial charge >= 0.3 is 0 Å². The third-order valence-electron chi connectivity index (χ3n) is 8.13. The van der Waals surface area contributed by atoms with E-state index in [1.807, 2.05) is 30.5 Å². The van der Waals surface area contributed by atoms with E-state index >= 15 is 0 Å². The molecule has 0 spiro atoms. The summed E-state index contributed by atoms with van der Waals surface area (Å²) < 4.78 is 26.3. The third-order valence-corrected chi connectivity index (χ3v) is 9.48. The summed E-state index contributed by atoms with van der Waals surface area (Å²) in [6, 6.07) is 9.18. The van der Waals surface area contributed by atoms with Crippen LogP contribution in [0.3, 0.4) is 0 Å². The molecule has 6 heterocycles. The molecule has 0 unspecified atom stereocenters. The molecule has 39 heavy (non-hydrogen) atoms. The van der Waals surface area contributed by atoms with E-state index in [-0.39, 0.29) is 28.7 Å². The first kappa shape index (κ1) is 26.2. The van der Waals surface area contributed by atoms with Crippen LogP contribution in [-0.2, 0) is 19.5 Å². The highest BCUT2D eigenvalue weighted by Gasteiger charge is 2.55. The van der Waals surface area contributed by atoms with Crippen molar-refractivity contribution in [2.75, 3.05) is 43.4 Å². The van der Waals surface area contributed by atoms with Gasteiger partial charge < -0.3 is 28.8 Å². The molecule has 0 saturated carbocycles. The molecule has 206 valence electrons. The zero-order valence-electron chi connectivity index (χ0n) is 23.0. The van der Waals surface area contributed by atoms with Crippen LogP contribution in [0, 0.1) is 0 Å². The monoisotopic (exact) mass is 550 g/mol. The SMILES string of the molecule is CC1(C)C[C@H]2N(c3cccc(P(C)(C)=O)n3)c3nc(Nc4ccn([C@H]5CCOC5)c(=O)c4)ncc3[C@@]2(C)CO1. The minimum atomic E-state index is -2.57. The molecule has 3 aromatic heterocycles. The smallest absolute Gasteiger partial charge is 0.252 e. The van der Waals surface area contributed by atoms with Gasteiger partial charge in [-0.1, -0.05) is 13.0 Å². The van der Waals surface area contributed by atoms with Crippen LogP contribution in [0.1, 0.15) is 45.2 Å². The summed E-state index contributed by atoms with van der Waals surface area (Å²) in [5, 5.41) is 3.22. The minimum absolute atomic E-state index is 0.0224. The van der Waals surface area contributed by atoms with Gasteiger partial charge in [0.15, 0.2) is 0 Å². The number of hydrogen-bond donors (Lipinski definition) is 1. The zero-order chi connectivity index (χ0) is 27.6. The fourth-order valence-electron chi connectivity index (χ4n) is 5.85. The number of aromatic nitrogens is 4. The third kappa shape index (κ3) is 4.68. The molecule has 3 aliphatic heterocycles. The standard InChI is InChI=1S/C28H35N6O4P/c1-27(2)14-21-28(3,17-38-27)20-15-29-26(30-18-9-11-33(24(35)13-18)19-10-12-37-16-19)32-25(20)34(21)22-7-6-8-23(31-22)39(4,5)36/h6-9,11,13,15,19,21H,10,12,14,16-17H2,1-5H3,(H,29,30,32)/t19-,21+,28+/m0/s1. The van der Waals surface area contributed by atoms with Gasteiger partial charge in [0, 0.05) is 41.7 Å². The quantitative estimate of drug-likeness (QED) is 0.472. The number of ether oxygens (including phenoxy) is 2. The van der Waals surface area contributed by atoms with Crippen LogP contribution in [0.2, 0.25) is 0 Å². The molecule has 6 rings (SSSR count). The van der Waals surface area contributed by atoms with Gasteiger partial charge in [-0.3, -0.25) is 4.79 Å². The Labute approximate surface area is 228 Å². The first-order valence-electron chi connectivity index (χ1n) is 13.3. The van der Waals surface area contributed by atoms with Crippen LogP contribution in [0.4, 0.5) is 23.3 Å². The molecule has 2 fully saturated rings. The van der Waals surface area contributed by atoms with E-state index in [0.717, 1.165) is 24.2 Å². The maximum atomic E-state index is 12.9. The first-order valence-corrected chi connectivity index (χ1v) is 16.0. The predicted molar refractivity (Wildman–Crippen MR) is 152 cm³/mol. The van der Waals surface area contributed by atoms with Crippen LogP contribution in [0.5, 0.6) is 0 Å². The lowest BCUT2D eigenvalue weighted by molar-refractivity contribution is -0.0893. The van der Waals surface area contributed by atoms with Crippen molar-refractivity contribution in [3.05, 3.63) is 58.6 Å². The number of anilines is 4. The van der Waals surface area contributed by atoms with E-state index in [1.54, 1.807) is 30.2 Å². The van der Waals surface area contributed by atoms with Gasteiger partial charge in [-0.05, 0) is 58.2 Å². The average Bonchev–Trinajstić information content (AvgIpc) is 3.48. The lowest BCUT2D eigenvalue weighted by Gasteiger charge is -2.46. The lowest BCUT2D eigenvalue weighted by Crippen LogP contribution is -2.54. The molecule has 0 aromatic carbocycles. The summed E-state index contributed by atoms with van der Waals surface area (Å²) in [6.45, 7) is 11.6. The molecule has 3 atom stereocenters. The van der Waals surface area contributed by atoms with Crippen molar-refractivity contribution in [2.45, 2.75) is 56.7 Å². The fraction of sp³-hybridized carbons (Fsp3) is 0.500. The highest BCUT2D eigenvalue weighted by molar-refractivity contribution is 7.69. The van der Waals surface area contributed by atoms with Crippen molar-refractivity contribution in [3.8, 4) is 0 Å². The van der Waals surface area contributed by atoms with E-state index in [9.17, 15) is 9.36 Å². The normalized spacial score (nSPS) is 25.8. The second-order valence-electron chi connectivity index (χ2n) is 12.0. The van der Waals surface area contributed by atoms with Crippen molar-refractivity contribution < 1.29 is 14.0 Å². The Hall–Kier alpha value is -3.07. The second-order valence-corrected chi connectivity index (χ2v) is 15.2. The van der Waals surface area contributed by atoms with Crippen LogP contribution in [0.15, 0.2) is 47.5 Å². The van der Waals surface area contributed by atoms with E-state index in [1.165, 1.54) is 0 Å². The number of pyridine rings is 2. The first-order chi connectivity index (χ1) is 18.4. The highest BCUT2D eigenvalue weighted by Crippen LogP contribution is 2.53. The Kier molecular flexibility index (Phi) is 6.21. The minimum Gasteiger partial charge on any atom is -0.379 e. The van der Waals surface area contributed by atoms with Crippen molar-refractivity contribution >= 4 is 35.8 Å². The molecule has 1 N–H and O–H groups in total. The van der Waals surface area contributed by atoms with Crippen molar-refractivity contribution in [1.82, 2.24) is 19.5 Å². The van der Waals surface area contributed by atoms with Gasteiger partial charge in [-0.2, -0.15) is 4.98 Å². The van der Waals surface area contributed by atoms with Crippen LogP contribution >= 0.6 is 7.14 Å².